The summed E-state index contributed by atoms with van der Waals surface area (Å²) in [6, 6.07) is 5.78. The number of para-hydroxylation sites is 1. The number of nitrogens with zero attached hydrogens (tertiary/aromatic N) is 1. The van der Waals surface area contributed by atoms with Crippen LogP contribution in [0, 0.1) is 0 Å². The maximum Gasteiger partial charge on any atom is 0.246 e. The lowest BCUT2D eigenvalue weighted by Crippen LogP contribution is -2.33. The van der Waals surface area contributed by atoms with Crippen LogP contribution in [0.15, 0.2) is 29.3 Å². The van der Waals surface area contributed by atoms with Crippen molar-refractivity contribution < 1.29 is 15.0 Å². The average Bonchev–Trinajstić information content (AvgIpc) is 2.31. The second kappa shape index (κ2) is 5.87. The lowest BCUT2D eigenvalue weighted by molar-refractivity contribution is -0.122. The summed E-state index contributed by atoms with van der Waals surface area (Å²) in [5.74, 6) is -0.283. The Bertz CT molecular complexity index is 391. The van der Waals surface area contributed by atoms with Crippen LogP contribution in [0.25, 0.3) is 0 Å². The topological polar surface area (TPSA) is 81.9 Å². The third kappa shape index (κ3) is 3.06. The Labute approximate surface area is 93.5 Å². The molecule has 0 saturated carbocycles. The number of phenols is 1. The average molecular weight is 222 g/mol. The highest BCUT2D eigenvalue weighted by molar-refractivity contribution is 5.88. The second-order valence-corrected chi connectivity index (χ2v) is 3.15. The standard InChI is InChI=1S/C11H14N2O3/c1-12-11(16)9(7-14)13-6-8-4-2-3-5-10(8)15/h2-6,9,14-15H,7H2,1H3,(H,12,16). The molecular weight excluding hydrogens is 208 g/mol. The summed E-state index contributed by atoms with van der Waals surface area (Å²) in [6.07, 6.45) is 1.37. The summed E-state index contributed by atoms with van der Waals surface area (Å²) in [5.41, 5.74) is 0.504. The molecule has 1 aromatic rings. The van der Waals surface area contributed by atoms with Crippen molar-refractivity contribution in [2.45, 2.75) is 6.04 Å². The summed E-state index contributed by atoms with van der Waals surface area (Å²) in [7, 11) is 1.47. The molecule has 1 atom stereocenters. The van der Waals surface area contributed by atoms with Crippen molar-refractivity contribution in [1.82, 2.24) is 5.32 Å². The minimum absolute atomic E-state index is 0.0832. The number of amides is 1. The second-order valence-electron chi connectivity index (χ2n) is 3.15. The van der Waals surface area contributed by atoms with Gasteiger partial charge in [0.1, 0.15) is 5.75 Å². The molecule has 0 aliphatic carbocycles. The highest BCUT2D eigenvalue weighted by atomic mass is 16.3. The van der Waals surface area contributed by atoms with E-state index in [4.69, 9.17) is 5.11 Å². The summed E-state index contributed by atoms with van der Waals surface area (Å²) in [4.78, 5) is 15.1. The Kier molecular flexibility index (Phi) is 4.47. The third-order valence-electron chi connectivity index (χ3n) is 2.05. The van der Waals surface area contributed by atoms with Crippen LogP contribution < -0.4 is 5.32 Å². The Hall–Kier alpha value is -1.88. The fourth-order valence-electron chi connectivity index (χ4n) is 1.13. The predicted octanol–water partition coefficient (Wildman–Crippen LogP) is -0.0820. The summed E-state index contributed by atoms with van der Waals surface area (Å²) >= 11 is 0. The van der Waals surface area contributed by atoms with E-state index in [1.807, 2.05) is 0 Å². The minimum Gasteiger partial charge on any atom is -0.507 e. The molecule has 0 bridgehead atoms. The maximum atomic E-state index is 11.2. The van der Waals surface area contributed by atoms with Crippen molar-refractivity contribution >= 4 is 12.1 Å². The van der Waals surface area contributed by atoms with Gasteiger partial charge in [0, 0.05) is 18.8 Å². The van der Waals surface area contributed by atoms with E-state index in [1.54, 1.807) is 18.2 Å². The van der Waals surface area contributed by atoms with Gasteiger partial charge >= 0.3 is 0 Å². The normalized spacial score (nSPS) is 12.6. The number of hydrogen-bond acceptors (Lipinski definition) is 4. The van der Waals surface area contributed by atoms with Gasteiger partial charge in [0.15, 0.2) is 6.04 Å². The zero-order chi connectivity index (χ0) is 12.0. The van der Waals surface area contributed by atoms with Gasteiger partial charge in [-0.15, -0.1) is 0 Å². The molecule has 0 aromatic heterocycles. The van der Waals surface area contributed by atoms with Crippen LogP contribution in [0.1, 0.15) is 5.56 Å². The number of nitrogens with one attached hydrogen (secondary N) is 1. The van der Waals surface area contributed by atoms with Crippen molar-refractivity contribution in [3.8, 4) is 5.75 Å². The molecule has 1 rings (SSSR count). The molecule has 0 fully saturated rings. The number of aliphatic hydroxyl groups is 1. The SMILES string of the molecule is CNC(=O)C(CO)N=Cc1ccccc1O. The fraction of sp³-hybridized carbons (Fsp3) is 0.273. The van der Waals surface area contributed by atoms with Crippen molar-refractivity contribution in [3.05, 3.63) is 29.8 Å². The van der Waals surface area contributed by atoms with Crippen LogP contribution in [-0.2, 0) is 4.79 Å². The molecule has 1 aromatic carbocycles. The number of aliphatic imine (C=N–C) groups is 1. The quantitative estimate of drug-likeness (QED) is 0.623. The lowest BCUT2D eigenvalue weighted by Gasteiger charge is -2.06. The first-order valence-electron chi connectivity index (χ1n) is 4.82. The largest absolute Gasteiger partial charge is 0.507 e. The molecule has 0 heterocycles. The van der Waals surface area contributed by atoms with E-state index in [0.29, 0.717) is 5.56 Å². The first kappa shape index (κ1) is 12.2. The minimum atomic E-state index is -0.843. The van der Waals surface area contributed by atoms with Gasteiger partial charge in [0.05, 0.1) is 6.61 Å². The molecule has 0 saturated heterocycles. The van der Waals surface area contributed by atoms with E-state index in [0.717, 1.165) is 0 Å². The van der Waals surface area contributed by atoms with Gasteiger partial charge in [0.2, 0.25) is 5.91 Å². The van der Waals surface area contributed by atoms with E-state index in [-0.39, 0.29) is 18.3 Å². The lowest BCUT2D eigenvalue weighted by atomic mass is 10.2. The Balaban J connectivity index is 2.79. The van der Waals surface area contributed by atoms with Gasteiger partial charge in [0.25, 0.3) is 0 Å². The molecule has 16 heavy (non-hydrogen) atoms. The molecule has 1 unspecified atom stereocenters. The predicted molar refractivity (Wildman–Crippen MR) is 60.6 cm³/mol. The summed E-state index contributed by atoms with van der Waals surface area (Å²) in [6.45, 7) is -0.371. The van der Waals surface area contributed by atoms with Gasteiger partial charge in [-0.2, -0.15) is 0 Å². The van der Waals surface area contributed by atoms with E-state index < -0.39 is 6.04 Å². The van der Waals surface area contributed by atoms with E-state index in [9.17, 15) is 9.90 Å². The van der Waals surface area contributed by atoms with E-state index in [1.165, 1.54) is 19.3 Å². The molecule has 0 aliphatic heterocycles. The van der Waals surface area contributed by atoms with Gasteiger partial charge in [-0.25, -0.2) is 0 Å². The molecule has 86 valence electrons. The molecular formula is C11H14N2O3. The number of hydrogen-bond donors (Lipinski definition) is 3. The smallest absolute Gasteiger partial charge is 0.246 e. The fourth-order valence-corrected chi connectivity index (χ4v) is 1.13. The number of benzene rings is 1. The van der Waals surface area contributed by atoms with Crippen LogP contribution in [-0.4, -0.2) is 42.0 Å². The Morgan fingerprint density at radius 1 is 1.56 bits per heavy atom. The number of aliphatic hydroxyl groups excluding tert-OH is 1. The highest BCUT2D eigenvalue weighted by Gasteiger charge is 2.13. The maximum absolute atomic E-state index is 11.2. The van der Waals surface area contributed by atoms with E-state index in [2.05, 4.69) is 10.3 Å². The number of carbonyl (C=O) groups is 1. The van der Waals surface area contributed by atoms with Crippen LogP contribution in [0.2, 0.25) is 0 Å². The van der Waals surface area contributed by atoms with Gasteiger partial charge in [-0.3, -0.25) is 9.79 Å². The van der Waals surface area contributed by atoms with Crippen molar-refractivity contribution in [3.63, 3.8) is 0 Å². The molecule has 3 N–H and O–H groups in total. The Morgan fingerprint density at radius 2 is 2.25 bits per heavy atom. The molecule has 1 amide bonds. The van der Waals surface area contributed by atoms with Crippen molar-refractivity contribution in [1.29, 1.82) is 0 Å². The van der Waals surface area contributed by atoms with Gasteiger partial charge in [-0.1, -0.05) is 12.1 Å². The van der Waals surface area contributed by atoms with Crippen LogP contribution in [0.3, 0.4) is 0 Å². The molecule has 0 aliphatic rings. The van der Waals surface area contributed by atoms with E-state index >= 15 is 0 Å². The molecule has 5 heteroatoms. The molecule has 0 spiro atoms. The monoisotopic (exact) mass is 222 g/mol. The summed E-state index contributed by atoms with van der Waals surface area (Å²) < 4.78 is 0. The number of rotatable bonds is 4. The summed E-state index contributed by atoms with van der Waals surface area (Å²) in [5, 5.41) is 20.8. The molecule has 0 radical (unpaired) electrons. The van der Waals surface area contributed by atoms with Gasteiger partial charge in [-0.05, 0) is 12.1 Å². The van der Waals surface area contributed by atoms with Gasteiger partial charge < -0.3 is 15.5 Å². The van der Waals surface area contributed by atoms with Crippen LogP contribution >= 0.6 is 0 Å². The number of likely N-dealkylation sites (N-methyl/N-ethyl adjacent to an activating group) is 1. The van der Waals surface area contributed by atoms with Crippen LogP contribution in [0.5, 0.6) is 5.75 Å². The van der Waals surface area contributed by atoms with Crippen LogP contribution in [0.4, 0.5) is 0 Å². The zero-order valence-corrected chi connectivity index (χ0v) is 8.92. The first-order valence-corrected chi connectivity index (χ1v) is 4.82. The van der Waals surface area contributed by atoms with Crippen molar-refractivity contribution in [2.24, 2.45) is 4.99 Å². The zero-order valence-electron chi connectivity index (χ0n) is 8.92. The highest BCUT2D eigenvalue weighted by Crippen LogP contribution is 2.12. The first-order chi connectivity index (χ1) is 7.69. The number of phenolic OH excluding ortho intramolecular Hbond substituents is 1. The third-order valence-corrected chi connectivity index (χ3v) is 2.05. The van der Waals surface area contributed by atoms with Crippen molar-refractivity contribution in [2.75, 3.05) is 13.7 Å². The number of carbonyl (C=O) groups excluding carboxylic acids is 1. The number of aromatic hydroxyl groups is 1. The Morgan fingerprint density at radius 3 is 2.81 bits per heavy atom. The molecule has 5 nitrogen and oxygen atoms in total.